The predicted octanol–water partition coefficient (Wildman–Crippen LogP) is 3.41. The molecule has 6 rings (SSSR count). The molecule has 0 aliphatic carbocycles. The molecular formula is C32H26N4O9. The summed E-state index contributed by atoms with van der Waals surface area (Å²) in [5, 5.41) is 4.98. The molecule has 2 amide bonds. The second kappa shape index (κ2) is 12.8. The monoisotopic (exact) mass is 610 g/mol. The molecule has 1 aromatic heterocycles. The smallest absolute Gasteiger partial charge is 0.338 e. The van der Waals surface area contributed by atoms with Crippen molar-refractivity contribution in [2.75, 3.05) is 18.5 Å². The van der Waals surface area contributed by atoms with Crippen LogP contribution in [0.5, 0.6) is 0 Å². The van der Waals surface area contributed by atoms with Crippen LogP contribution in [0.15, 0.2) is 97.3 Å². The van der Waals surface area contributed by atoms with Crippen LogP contribution >= 0.6 is 0 Å². The van der Waals surface area contributed by atoms with Crippen LogP contribution in [0.2, 0.25) is 0 Å². The average molecular weight is 611 g/mol. The Hall–Kier alpha value is -5.82. The highest BCUT2D eigenvalue weighted by atomic mass is 16.7. The standard InChI is InChI=1S/C32H26N4O9/c37-22-16-33-32(41)35-27-24(22)34-18-36(27)28-26(45-31(40)21-14-8-3-9-15-21)25(44-30(39)20-12-6-2-7-13-20)23(43-28)17-42-29(38)19-10-4-1-5-11-19/h1-15,18,23,25-26,28H,16-17H2,(H2,33,35,41)/t23-,25-,26-,28?/m1/s1. The Kier molecular flexibility index (Phi) is 8.33. The first-order valence-corrected chi connectivity index (χ1v) is 13.9. The van der Waals surface area contributed by atoms with Crippen molar-refractivity contribution < 1.29 is 42.9 Å². The van der Waals surface area contributed by atoms with E-state index in [9.17, 15) is 24.0 Å². The Morgan fingerprint density at radius 2 is 1.31 bits per heavy atom. The first kappa shape index (κ1) is 29.3. The van der Waals surface area contributed by atoms with Gasteiger partial charge in [0.15, 0.2) is 24.1 Å². The zero-order chi connectivity index (χ0) is 31.3. The number of imidazole rings is 1. The number of Topliss-reactive ketones (excluding diaryl/α,β-unsaturated/α-hetero) is 1. The molecule has 13 nitrogen and oxygen atoms in total. The van der Waals surface area contributed by atoms with Gasteiger partial charge in [0.05, 0.1) is 29.6 Å². The average Bonchev–Trinajstić information content (AvgIpc) is 3.59. The van der Waals surface area contributed by atoms with Crippen LogP contribution in [-0.4, -0.2) is 70.7 Å². The minimum Gasteiger partial charge on any atom is -0.459 e. The summed E-state index contributed by atoms with van der Waals surface area (Å²) in [5.74, 6) is -2.66. The first-order valence-electron chi connectivity index (χ1n) is 13.9. The summed E-state index contributed by atoms with van der Waals surface area (Å²) in [7, 11) is 0. The molecule has 2 aliphatic rings. The molecule has 4 aromatic rings. The number of rotatable bonds is 8. The molecule has 3 aromatic carbocycles. The van der Waals surface area contributed by atoms with Crippen LogP contribution < -0.4 is 10.6 Å². The lowest BCUT2D eigenvalue weighted by atomic mass is 10.1. The van der Waals surface area contributed by atoms with E-state index in [2.05, 4.69) is 15.6 Å². The number of urea groups is 1. The van der Waals surface area contributed by atoms with Gasteiger partial charge in [-0.25, -0.2) is 24.2 Å². The van der Waals surface area contributed by atoms with Gasteiger partial charge in [0, 0.05) is 0 Å². The molecule has 0 bridgehead atoms. The van der Waals surface area contributed by atoms with Crippen LogP contribution in [0.3, 0.4) is 0 Å². The fourth-order valence-electron chi connectivity index (χ4n) is 4.96. The lowest BCUT2D eigenvalue weighted by Gasteiger charge is -2.25. The van der Waals surface area contributed by atoms with Gasteiger partial charge >= 0.3 is 23.9 Å². The summed E-state index contributed by atoms with van der Waals surface area (Å²) in [6, 6.07) is 23.9. The van der Waals surface area contributed by atoms with Crippen LogP contribution in [0, 0.1) is 0 Å². The third-order valence-electron chi connectivity index (χ3n) is 7.15. The van der Waals surface area contributed by atoms with E-state index in [1.54, 1.807) is 91.0 Å². The zero-order valence-electron chi connectivity index (χ0n) is 23.5. The largest absolute Gasteiger partial charge is 0.459 e. The number of nitrogens with one attached hydrogen (secondary N) is 2. The van der Waals surface area contributed by atoms with Gasteiger partial charge in [-0.3, -0.25) is 14.7 Å². The van der Waals surface area contributed by atoms with Gasteiger partial charge in [-0.2, -0.15) is 0 Å². The summed E-state index contributed by atoms with van der Waals surface area (Å²) in [5.41, 5.74) is 0.655. The fourth-order valence-corrected chi connectivity index (χ4v) is 4.96. The number of hydrogen-bond donors (Lipinski definition) is 2. The normalized spacial score (nSPS) is 20.6. The number of ether oxygens (including phenoxy) is 4. The van der Waals surface area contributed by atoms with Gasteiger partial charge in [0.25, 0.3) is 0 Å². The number of amides is 2. The highest BCUT2D eigenvalue weighted by Crippen LogP contribution is 2.38. The fraction of sp³-hybridized carbons (Fsp3) is 0.188. The lowest BCUT2D eigenvalue weighted by molar-refractivity contribution is -0.0612. The van der Waals surface area contributed by atoms with Crippen LogP contribution in [0.1, 0.15) is 47.8 Å². The van der Waals surface area contributed by atoms with E-state index in [1.165, 1.54) is 10.9 Å². The van der Waals surface area contributed by atoms with Gasteiger partial charge < -0.3 is 24.3 Å². The van der Waals surface area contributed by atoms with E-state index in [0.717, 1.165) is 0 Å². The number of carbonyl (C=O) groups is 5. The van der Waals surface area contributed by atoms with E-state index in [-0.39, 0.29) is 34.7 Å². The van der Waals surface area contributed by atoms with E-state index in [0.29, 0.717) is 0 Å². The number of aromatic nitrogens is 2. The molecule has 2 N–H and O–H groups in total. The molecule has 4 atom stereocenters. The summed E-state index contributed by atoms with van der Waals surface area (Å²) >= 11 is 0. The minimum atomic E-state index is -1.35. The lowest BCUT2D eigenvalue weighted by Crippen LogP contribution is -2.41. The van der Waals surface area contributed by atoms with Crippen LogP contribution in [0.4, 0.5) is 10.6 Å². The van der Waals surface area contributed by atoms with Gasteiger partial charge in [-0.1, -0.05) is 54.6 Å². The van der Waals surface area contributed by atoms with Crippen molar-refractivity contribution in [3.05, 3.63) is 120 Å². The van der Waals surface area contributed by atoms with E-state index < -0.39 is 60.9 Å². The second-order valence-corrected chi connectivity index (χ2v) is 10.1. The van der Waals surface area contributed by atoms with Gasteiger partial charge in [-0.15, -0.1) is 0 Å². The van der Waals surface area contributed by atoms with Gasteiger partial charge in [0.1, 0.15) is 18.5 Å². The Balaban J connectivity index is 1.38. The molecule has 1 fully saturated rings. The molecule has 0 saturated carbocycles. The number of fused-ring (bicyclic) bond motifs is 1. The number of hydrogen-bond acceptors (Lipinski definition) is 10. The highest BCUT2D eigenvalue weighted by molar-refractivity contribution is 6.07. The summed E-state index contributed by atoms with van der Waals surface area (Å²) < 4.78 is 25.0. The highest BCUT2D eigenvalue weighted by Gasteiger charge is 2.52. The van der Waals surface area contributed by atoms with Crippen LogP contribution in [0.25, 0.3) is 0 Å². The van der Waals surface area contributed by atoms with Gasteiger partial charge in [0.2, 0.25) is 5.78 Å². The van der Waals surface area contributed by atoms with Crippen molar-refractivity contribution >= 4 is 35.5 Å². The molecule has 2 aliphatic heterocycles. The Bertz CT molecular complexity index is 1730. The predicted molar refractivity (Wildman–Crippen MR) is 156 cm³/mol. The number of ketones is 1. The number of anilines is 1. The Morgan fingerprint density at radius 3 is 1.89 bits per heavy atom. The number of benzene rings is 3. The molecule has 1 saturated heterocycles. The van der Waals surface area contributed by atoms with Crippen molar-refractivity contribution in [2.45, 2.75) is 24.5 Å². The number of nitrogens with zero attached hydrogens (tertiary/aromatic N) is 2. The molecule has 3 heterocycles. The topological polar surface area (TPSA) is 164 Å². The Morgan fingerprint density at radius 1 is 0.778 bits per heavy atom. The first-order chi connectivity index (χ1) is 21.9. The van der Waals surface area contributed by atoms with Crippen molar-refractivity contribution in [3.63, 3.8) is 0 Å². The third kappa shape index (κ3) is 6.28. The molecule has 13 heteroatoms. The molecule has 0 spiro atoms. The Labute approximate surface area is 256 Å². The van der Waals surface area contributed by atoms with Crippen molar-refractivity contribution in [1.29, 1.82) is 0 Å². The summed E-state index contributed by atoms with van der Waals surface area (Å²) in [4.78, 5) is 68.7. The van der Waals surface area contributed by atoms with E-state index in [4.69, 9.17) is 18.9 Å². The molecule has 228 valence electrons. The molecule has 0 radical (unpaired) electrons. The summed E-state index contributed by atoms with van der Waals surface area (Å²) in [6.45, 7) is -0.691. The van der Waals surface area contributed by atoms with Crippen molar-refractivity contribution in [1.82, 2.24) is 14.9 Å². The minimum absolute atomic E-state index is 0.0178. The van der Waals surface area contributed by atoms with Crippen LogP contribution in [-0.2, 0) is 18.9 Å². The number of esters is 3. The van der Waals surface area contributed by atoms with Gasteiger partial charge in [-0.05, 0) is 36.4 Å². The van der Waals surface area contributed by atoms with Crippen molar-refractivity contribution in [2.24, 2.45) is 0 Å². The zero-order valence-corrected chi connectivity index (χ0v) is 23.5. The molecule has 45 heavy (non-hydrogen) atoms. The maximum absolute atomic E-state index is 13.4. The van der Waals surface area contributed by atoms with Crippen molar-refractivity contribution in [3.8, 4) is 0 Å². The number of carbonyl (C=O) groups excluding carboxylic acids is 5. The second-order valence-electron chi connectivity index (χ2n) is 10.1. The molecule has 1 unspecified atom stereocenters. The quantitative estimate of drug-likeness (QED) is 0.223. The van der Waals surface area contributed by atoms with E-state index >= 15 is 0 Å². The SMILES string of the molecule is O=C1NCC(=O)c2ncn(C3O[C@H](COC(=O)c4ccccc4)[C@@H](OC(=O)c4ccccc4)[C@H]3OC(=O)c3ccccc3)c2N1. The maximum atomic E-state index is 13.4. The maximum Gasteiger partial charge on any atom is 0.338 e. The molecular weight excluding hydrogens is 584 g/mol. The summed E-state index contributed by atoms with van der Waals surface area (Å²) in [6.07, 6.45) is -3.86. The van der Waals surface area contributed by atoms with E-state index in [1.807, 2.05) is 0 Å². The third-order valence-corrected chi connectivity index (χ3v) is 7.15.